The average Bonchev–Trinajstić information content (AvgIpc) is 2.15. The Morgan fingerprint density at radius 3 is 1.57 bits per heavy atom. The standard InChI is InChI=1S/C8H8N4O2/c9-5-1-3-4(2-6(5)10)8(14)12-11-7(3)13/h1-2H,9-10H2,(H,11,13)(H,12,14). The van der Waals surface area contributed by atoms with Crippen molar-refractivity contribution in [3.63, 3.8) is 0 Å². The number of rotatable bonds is 0. The summed E-state index contributed by atoms with van der Waals surface area (Å²) in [5.74, 6) is 0. The van der Waals surface area contributed by atoms with Crippen molar-refractivity contribution in [1.29, 1.82) is 0 Å². The summed E-state index contributed by atoms with van der Waals surface area (Å²) < 4.78 is 0. The van der Waals surface area contributed by atoms with E-state index < -0.39 is 11.1 Å². The first kappa shape index (κ1) is 8.36. The second kappa shape index (κ2) is 2.63. The van der Waals surface area contributed by atoms with Crippen molar-refractivity contribution < 1.29 is 0 Å². The smallest absolute Gasteiger partial charge is 0.270 e. The van der Waals surface area contributed by atoms with Crippen molar-refractivity contribution in [2.24, 2.45) is 0 Å². The Kier molecular flexibility index (Phi) is 1.57. The van der Waals surface area contributed by atoms with Gasteiger partial charge in [0, 0.05) is 0 Å². The highest BCUT2D eigenvalue weighted by Crippen LogP contribution is 2.18. The van der Waals surface area contributed by atoms with Crippen LogP contribution in [0.15, 0.2) is 21.7 Å². The summed E-state index contributed by atoms with van der Waals surface area (Å²) >= 11 is 0. The van der Waals surface area contributed by atoms with E-state index in [1.54, 1.807) is 0 Å². The molecule has 0 aliphatic heterocycles. The Morgan fingerprint density at radius 1 is 0.857 bits per heavy atom. The summed E-state index contributed by atoms with van der Waals surface area (Å²) in [5.41, 5.74) is 10.8. The molecule has 72 valence electrons. The summed E-state index contributed by atoms with van der Waals surface area (Å²) in [5, 5.41) is 4.87. The van der Waals surface area contributed by atoms with Crippen molar-refractivity contribution in [3.8, 4) is 0 Å². The summed E-state index contributed by atoms with van der Waals surface area (Å²) in [4.78, 5) is 22.5. The van der Waals surface area contributed by atoms with E-state index in [2.05, 4.69) is 10.2 Å². The quantitative estimate of drug-likeness (QED) is 0.416. The van der Waals surface area contributed by atoms with Crippen molar-refractivity contribution in [3.05, 3.63) is 32.8 Å². The fourth-order valence-corrected chi connectivity index (χ4v) is 1.26. The van der Waals surface area contributed by atoms with Crippen LogP contribution in [0.4, 0.5) is 11.4 Å². The topological polar surface area (TPSA) is 118 Å². The molecule has 0 bridgehead atoms. The Labute approximate surface area is 77.5 Å². The molecule has 14 heavy (non-hydrogen) atoms. The predicted molar refractivity (Wildman–Crippen MR) is 54.0 cm³/mol. The molecule has 0 atom stereocenters. The minimum Gasteiger partial charge on any atom is -0.397 e. The van der Waals surface area contributed by atoms with Crippen LogP contribution < -0.4 is 22.6 Å². The molecule has 0 amide bonds. The fraction of sp³-hybridized carbons (Fsp3) is 0. The lowest BCUT2D eigenvalue weighted by Crippen LogP contribution is -2.19. The second-order valence-electron chi connectivity index (χ2n) is 2.93. The first-order chi connectivity index (χ1) is 6.59. The molecule has 0 aliphatic carbocycles. The van der Waals surface area contributed by atoms with E-state index in [-0.39, 0.29) is 22.1 Å². The molecule has 1 heterocycles. The maximum absolute atomic E-state index is 11.3. The third-order valence-electron chi connectivity index (χ3n) is 2.00. The molecule has 0 saturated carbocycles. The van der Waals surface area contributed by atoms with E-state index >= 15 is 0 Å². The fourth-order valence-electron chi connectivity index (χ4n) is 1.26. The number of hydrogen-bond acceptors (Lipinski definition) is 4. The van der Waals surface area contributed by atoms with Gasteiger partial charge in [0.1, 0.15) is 0 Å². The van der Waals surface area contributed by atoms with E-state index in [4.69, 9.17) is 11.5 Å². The zero-order valence-corrected chi connectivity index (χ0v) is 7.13. The molecule has 0 radical (unpaired) electrons. The molecule has 6 heteroatoms. The number of benzene rings is 1. The number of hydrogen-bond donors (Lipinski definition) is 4. The van der Waals surface area contributed by atoms with Crippen LogP contribution in [-0.2, 0) is 0 Å². The highest BCUT2D eigenvalue weighted by atomic mass is 16.1. The molecule has 0 spiro atoms. The van der Waals surface area contributed by atoms with E-state index in [0.717, 1.165) is 0 Å². The van der Waals surface area contributed by atoms with E-state index in [1.807, 2.05) is 0 Å². The minimum absolute atomic E-state index is 0.237. The molecule has 2 aromatic rings. The van der Waals surface area contributed by atoms with Crippen molar-refractivity contribution in [1.82, 2.24) is 10.2 Å². The number of nitrogen functional groups attached to an aromatic ring is 2. The number of aromatic amines is 2. The number of nitrogens with two attached hydrogens (primary N) is 2. The van der Waals surface area contributed by atoms with E-state index in [0.29, 0.717) is 0 Å². The van der Waals surface area contributed by atoms with Gasteiger partial charge in [-0.05, 0) is 12.1 Å². The van der Waals surface area contributed by atoms with Crippen molar-refractivity contribution in [2.45, 2.75) is 0 Å². The predicted octanol–water partition coefficient (Wildman–Crippen LogP) is -0.619. The molecule has 0 saturated heterocycles. The van der Waals surface area contributed by atoms with Gasteiger partial charge in [-0.2, -0.15) is 0 Å². The van der Waals surface area contributed by atoms with Crippen LogP contribution in [0.25, 0.3) is 10.8 Å². The van der Waals surface area contributed by atoms with Gasteiger partial charge in [0.2, 0.25) is 0 Å². The molecule has 0 unspecified atom stereocenters. The van der Waals surface area contributed by atoms with Crippen LogP contribution in [0.3, 0.4) is 0 Å². The summed E-state index contributed by atoms with van der Waals surface area (Å²) in [6.45, 7) is 0. The highest BCUT2D eigenvalue weighted by Gasteiger charge is 2.05. The van der Waals surface area contributed by atoms with Gasteiger partial charge in [0.15, 0.2) is 0 Å². The van der Waals surface area contributed by atoms with Crippen molar-refractivity contribution >= 4 is 22.1 Å². The molecular weight excluding hydrogens is 184 g/mol. The number of nitrogens with one attached hydrogen (secondary N) is 2. The first-order valence-corrected chi connectivity index (χ1v) is 3.89. The van der Waals surface area contributed by atoms with Gasteiger partial charge in [-0.3, -0.25) is 19.8 Å². The summed E-state index contributed by atoms with van der Waals surface area (Å²) in [6.07, 6.45) is 0. The largest absolute Gasteiger partial charge is 0.397 e. The molecule has 6 nitrogen and oxygen atoms in total. The third kappa shape index (κ3) is 1.05. The molecule has 1 aromatic carbocycles. The molecule has 2 rings (SSSR count). The maximum Gasteiger partial charge on any atom is 0.270 e. The van der Waals surface area contributed by atoms with Crippen molar-refractivity contribution in [2.75, 3.05) is 11.5 Å². The summed E-state index contributed by atoms with van der Waals surface area (Å²) in [7, 11) is 0. The van der Waals surface area contributed by atoms with Gasteiger partial charge in [-0.1, -0.05) is 0 Å². The monoisotopic (exact) mass is 192 g/mol. The van der Waals surface area contributed by atoms with Gasteiger partial charge >= 0.3 is 0 Å². The normalized spacial score (nSPS) is 10.6. The van der Waals surface area contributed by atoms with Gasteiger partial charge in [-0.25, -0.2) is 0 Å². The van der Waals surface area contributed by atoms with Gasteiger partial charge < -0.3 is 11.5 Å². The third-order valence-corrected chi connectivity index (χ3v) is 2.00. The van der Waals surface area contributed by atoms with Crippen LogP contribution in [0.2, 0.25) is 0 Å². The highest BCUT2D eigenvalue weighted by molar-refractivity contribution is 5.89. The number of anilines is 2. The number of H-pyrrole nitrogens is 2. The lowest BCUT2D eigenvalue weighted by Gasteiger charge is -2.01. The zero-order valence-electron chi connectivity index (χ0n) is 7.13. The van der Waals surface area contributed by atoms with E-state index in [9.17, 15) is 9.59 Å². The molecular formula is C8H8N4O2. The number of aromatic nitrogens is 2. The molecule has 0 fully saturated rings. The van der Waals surface area contributed by atoms with Crippen LogP contribution in [0, 0.1) is 0 Å². The Bertz CT molecular complexity index is 556. The molecule has 1 aromatic heterocycles. The molecule has 0 aliphatic rings. The second-order valence-corrected chi connectivity index (χ2v) is 2.93. The number of fused-ring (bicyclic) bond motifs is 1. The maximum atomic E-state index is 11.3. The van der Waals surface area contributed by atoms with Crippen LogP contribution in [-0.4, -0.2) is 10.2 Å². The Balaban J connectivity index is 3.10. The van der Waals surface area contributed by atoms with E-state index in [1.165, 1.54) is 12.1 Å². The first-order valence-electron chi connectivity index (χ1n) is 3.89. The SMILES string of the molecule is Nc1cc2c(=O)[nH][nH]c(=O)c2cc1N. The average molecular weight is 192 g/mol. The van der Waals surface area contributed by atoms with Gasteiger partial charge in [0.25, 0.3) is 11.1 Å². The van der Waals surface area contributed by atoms with Crippen LogP contribution in [0.5, 0.6) is 0 Å². The van der Waals surface area contributed by atoms with Crippen LogP contribution >= 0.6 is 0 Å². The lowest BCUT2D eigenvalue weighted by molar-refractivity contribution is 0.977. The van der Waals surface area contributed by atoms with Crippen LogP contribution in [0.1, 0.15) is 0 Å². The Morgan fingerprint density at radius 2 is 1.21 bits per heavy atom. The summed E-state index contributed by atoms with van der Waals surface area (Å²) in [6, 6.07) is 2.78. The van der Waals surface area contributed by atoms with Gasteiger partial charge in [-0.15, -0.1) is 0 Å². The lowest BCUT2D eigenvalue weighted by atomic mass is 10.1. The Hall–Kier alpha value is -2.24. The van der Waals surface area contributed by atoms with Gasteiger partial charge in [0.05, 0.1) is 22.1 Å². The minimum atomic E-state index is -0.397. The molecule has 6 N–H and O–H groups in total. The zero-order chi connectivity index (χ0) is 10.3.